The van der Waals surface area contributed by atoms with Gasteiger partial charge in [0.25, 0.3) is 5.91 Å². The molecule has 4 nitrogen and oxygen atoms in total. The molecule has 108 valence electrons. The molecule has 0 spiro atoms. The fraction of sp³-hybridized carbons (Fsp3) is 0.500. The number of hydrogen-bond donors (Lipinski definition) is 2. The summed E-state index contributed by atoms with van der Waals surface area (Å²) < 4.78 is 19.5. The Kier molecular flexibility index (Phi) is 3.79. The normalized spacial score (nSPS) is 32.1. The molecule has 0 radical (unpaired) electrons. The number of benzene rings is 1. The van der Waals surface area contributed by atoms with Gasteiger partial charge in [-0.15, -0.1) is 0 Å². The third kappa shape index (κ3) is 2.36. The molecule has 1 aromatic carbocycles. The van der Waals surface area contributed by atoms with E-state index < -0.39 is 5.82 Å². The van der Waals surface area contributed by atoms with E-state index >= 15 is 0 Å². The van der Waals surface area contributed by atoms with Crippen LogP contribution in [0.3, 0.4) is 0 Å². The van der Waals surface area contributed by atoms with E-state index in [9.17, 15) is 9.18 Å². The van der Waals surface area contributed by atoms with Crippen LogP contribution in [-0.2, 0) is 4.74 Å². The third-order valence-electron chi connectivity index (χ3n) is 4.15. The van der Waals surface area contributed by atoms with Gasteiger partial charge in [0.15, 0.2) is 0 Å². The number of nitrogens with two attached hydrogens (primary N) is 1. The molecule has 1 aliphatic carbocycles. The molecule has 20 heavy (non-hydrogen) atoms. The molecule has 4 unspecified atom stereocenters. The molecule has 0 bridgehead atoms. The Morgan fingerprint density at radius 1 is 1.50 bits per heavy atom. The summed E-state index contributed by atoms with van der Waals surface area (Å²) in [5.41, 5.74) is 6.37. The second-order valence-electron chi connectivity index (χ2n) is 5.34. The lowest BCUT2D eigenvalue weighted by molar-refractivity contribution is -0.117. The van der Waals surface area contributed by atoms with E-state index in [1.54, 1.807) is 0 Å². The van der Waals surface area contributed by atoms with Crippen molar-refractivity contribution in [3.63, 3.8) is 0 Å². The van der Waals surface area contributed by atoms with Gasteiger partial charge in [0.1, 0.15) is 5.82 Å². The zero-order valence-corrected chi connectivity index (χ0v) is 12.4. The number of carbonyl (C=O) groups excluding carboxylic acids is 1. The number of ether oxygens (including phenoxy) is 1. The van der Waals surface area contributed by atoms with E-state index in [0.29, 0.717) is 17.0 Å². The van der Waals surface area contributed by atoms with Crippen molar-refractivity contribution in [3.05, 3.63) is 34.1 Å². The first kappa shape index (κ1) is 14.0. The number of amides is 1. The molecule has 3 N–H and O–H groups in total. The summed E-state index contributed by atoms with van der Waals surface area (Å²) in [7, 11) is 0. The molecule has 1 saturated heterocycles. The molecule has 1 aliphatic heterocycles. The second-order valence-corrected chi connectivity index (χ2v) is 6.20. The van der Waals surface area contributed by atoms with Gasteiger partial charge in [0.2, 0.25) is 0 Å². The smallest absolute Gasteiger partial charge is 0.252 e. The predicted molar refractivity (Wildman–Crippen MR) is 75.8 cm³/mol. The highest BCUT2D eigenvalue weighted by Crippen LogP contribution is 2.37. The number of carbonyl (C=O) groups is 1. The first-order chi connectivity index (χ1) is 9.58. The van der Waals surface area contributed by atoms with Crippen LogP contribution in [0.4, 0.5) is 4.39 Å². The van der Waals surface area contributed by atoms with E-state index in [0.717, 1.165) is 12.8 Å². The van der Waals surface area contributed by atoms with Crippen molar-refractivity contribution in [3.8, 4) is 0 Å². The van der Waals surface area contributed by atoms with Crippen LogP contribution in [0.5, 0.6) is 0 Å². The maximum Gasteiger partial charge on any atom is 0.252 e. The Labute approximate surface area is 125 Å². The van der Waals surface area contributed by atoms with Crippen LogP contribution in [-0.4, -0.2) is 30.7 Å². The third-order valence-corrected chi connectivity index (χ3v) is 4.84. The second kappa shape index (κ2) is 5.42. The van der Waals surface area contributed by atoms with Crippen LogP contribution < -0.4 is 11.1 Å². The molecule has 2 aliphatic rings. The highest BCUT2D eigenvalue weighted by atomic mass is 79.9. The van der Waals surface area contributed by atoms with Gasteiger partial charge in [-0.1, -0.05) is 0 Å². The summed E-state index contributed by atoms with van der Waals surface area (Å²) in [4.78, 5) is 12.2. The summed E-state index contributed by atoms with van der Waals surface area (Å²) in [6.07, 6.45) is 2.06. The van der Waals surface area contributed by atoms with Crippen LogP contribution in [0.15, 0.2) is 22.7 Å². The average Bonchev–Trinajstić information content (AvgIpc) is 2.46. The van der Waals surface area contributed by atoms with Crippen molar-refractivity contribution < 1.29 is 13.9 Å². The van der Waals surface area contributed by atoms with E-state index in [2.05, 4.69) is 21.2 Å². The number of rotatable bonds is 2. The van der Waals surface area contributed by atoms with E-state index in [-0.39, 0.29) is 29.7 Å². The SMILES string of the molecule is NC1C2CCCOC2C1NC(=O)c1cc(F)ccc1Br. The van der Waals surface area contributed by atoms with Gasteiger partial charge in [-0.25, -0.2) is 4.39 Å². The van der Waals surface area contributed by atoms with Gasteiger partial charge in [0.05, 0.1) is 17.7 Å². The summed E-state index contributed by atoms with van der Waals surface area (Å²) >= 11 is 3.25. The Balaban J connectivity index is 1.71. The number of fused-ring (bicyclic) bond motifs is 1. The monoisotopic (exact) mass is 342 g/mol. The summed E-state index contributed by atoms with van der Waals surface area (Å²) in [6.45, 7) is 0.712. The molecular formula is C14H16BrFN2O2. The Morgan fingerprint density at radius 2 is 2.30 bits per heavy atom. The molecular weight excluding hydrogens is 327 g/mol. The molecule has 4 atom stereocenters. The van der Waals surface area contributed by atoms with Crippen LogP contribution >= 0.6 is 15.9 Å². The summed E-state index contributed by atoms with van der Waals surface area (Å²) in [5, 5.41) is 2.86. The molecule has 1 heterocycles. The predicted octanol–water partition coefficient (Wildman–Crippen LogP) is 1.82. The lowest BCUT2D eigenvalue weighted by atomic mass is 9.68. The fourth-order valence-electron chi connectivity index (χ4n) is 3.03. The summed E-state index contributed by atoms with van der Waals surface area (Å²) in [5.74, 6) is -0.447. The highest BCUT2D eigenvalue weighted by Gasteiger charge is 2.51. The van der Waals surface area contributed by atoms with E-state index in [1.807, 2.05) is 0 Å². The molecule has 1 aromatic rings. The molecule has 6 heteroatoms. The number of halogens is 2. The van der Waals surface area contributed by atoms with Crippen molar-refractivity contribution in [2.24, 2.45) is 11.7 Å². The van der Waals surface area contributed by atoms with Gasteiger partial charge < -0.3 is 15.8 Å². The van der Waals surface area contributed by atoms with Crippen molar-refractivity contribution in [2.45, 2.75) is 31.0 Å². The maximum atomic E-state index is 13.2. The summed E-state index contributed by atoms with van der Waals surface area (Å²) in [6, 6.07) is 3.75. The topological polar surface area (TPSA) is 64.3 Å². The van der Waals surface area contributed by atoms with Crippen molar-refractivity contribution >= 4 is 21.8 Å². The van der Waals surface area contributed by atoms with Crippen LogP contribution in [0.2, 0.25) is 0 Å². The maximum absolute atomic E-state index is 13.2. The molecule has 1 amide bonds. The van der Waals surface area contributed by atoms with Gasteiger partial charge in [0, 0.05) is 23.0 Å². The lowest BCUT2D eigenvalue weighted by Gasteiger charge is -2.52. The Hall–Kier alpha value is -0.980. The van der Waals surface area contributed by atoms with Crippen molar-refractivity contribution in [2.75, 3.05) is 6.61 Å². The highest BCUT2D eigenvalue weighted by molar-refractivity contribution is 9.10. The van der Waals surface area contributed by atoms with Crippen LogP contribution in [0.25, 0.3) is 0 Å². The molecule has 2 fully saturated rings. The standard InChI is InChI=1S/C14H16BrFN2O2/c15-10-4-3-7(16)6-9(10)14(19)18-12-11(17)8-2-1-5-20-13(8)12/h3-4,6,8,11-13H,1-2,5,17H2,(H,18,19). The quantitative estimate of drug-likeness (QED) is 0.861. The molecule has 0 aromatic heterocycles. The first-order valence-corrected chi connectivity index (χ1v) is 7.50. The largest absolute Gasteiger partial charge is 0.376 e. The Bertz CT molecular complexity index is 540. The lowest BCUT2D eigenvalue weighted by Crippen LogP contribution is -2.72. The average molecular weight is 343 g/mol. The van der Waals surface area contributed by atoms with E-state index in [4.69, 9.17) is 10.5 Å². The minimum Gasteiger partial charge on any atom is -0.376 e. The van der Waals surface area contributed by atoms with E-state index in [1.165, 1.54) is 18.2 Å². The van der Waals surface area contributed by atoms with Crippen molar-refractivity contribution in [1.29, 1.82) is 0 Å². The minimum atomic E-state index is -0.442. The number of nitrogens with one attached hydrogen (secondary N) is 1. The van der Waals surface area contributed by atoms with Gasteiger partial charge in [-0.2, -0.15) is 0 Å². The zero-order chi connectivity index (χ0) is 14.3. The zero-order valence-electron chi connectivity index (χ0n) is 10.8. The number of hydrogen-bond acceptors (Lipinski definition) is 3. The minimum absolute atomic E-state index is 0.00460. The molecule has 3 rings (SSSR count). The van der Waals surface area contributed by atoms with Gasteiger partial charge >= 0.3 is 0 Å². The van der Waals surface area contributed by atoms with Gasteiger partial charge in [-0.05, 0) is 47.0 Å². The van der Waals surface area contributed by atoms with Gasteiger partial charge in [-0.3, -0.25) is 4.79 Å². The van der Waals surface area contributed by atoms with Crippen LogP contribution in [0.1, 0.15) is 23.2 Å². The van der Waals surface area contributed by atoms with Crippen molar-refractivity contribution in [1.82, 2.24) is 5.32 Å². The Morgan fingerprint density at radius 3 is 3.10 bits per heavy atom. The fourth-order valence-corrected chi connectivity index (χ4v) is 3.45. The van der Waals surface area contributed by atoms with Crippen LogP contribution in [0, 0.1) is 11.7 Å². The first-order valence-electron chi connectivity index (χ1n) is 6.71. The molecule has 1 saturated carbocycles.